The average Bonchev–Trinajstić information content (AvgIpc) is 3.38. The molecule has 0 spiro atoms. The molecule has 2 aliphatic rings. The molecule has 2 aromatic carbocycles. The van der Waals surface area contributed by atoms with Gasteiger partial charge in [-0.2, -0.15) is 0 Å². The summed E-state index contributed by atoms with van der Waals surface area (Å²) in [6.45, 7) is 17.3. The number of hydrogen-bond acceptors (Lipinski definition) is 17. The number of nitrogens with one attached hydrogen (secondary N) is 2. The van der Waals surface area contributed by atoms with E-state index in [1.54, 1.807) is 62.3 Å². The summed E-state index contributed by atoms with van der Waals surface area (Å²) in [7, 11) is 2.79. The number of amides is 2. The number of ether oxygens (including phenoxy) is 8. The maximum absolute atomic E-state index is 13.9. The van der Waals surface area contributed by atoms with Crippen LogP contribution in [0.25, 0.3) is 0 Å². The zero-order valence-corrected chi connectivity index (χ0v) is 47.1. The molecule has 0 aromatic heterocycles. The first-order valence-corrected chi connectivity index (χ1v) is 26.3. The van der Waals surface area contributed by atoms with Gasteiger partial charge in [0.2, 0.25) is 17.5 Å². The van der Waals surface area contributed by atoms with E-state index >= 15 is 0 Å². The van der Waals surface area contributed by atoms with Crippen LogP contribution in [-0.2, 0) is 52.3 Å². The van der Waals surface area contributed by atoms with Crippen LogP contribution in [0.3, 0.4) is 0 Å². The molecule has 4 rings (SSSR count). The van der Waals surface area contributed by atoms with Crippen molar-refractivity contribution in [1.82, 2.24) is 10.6 Å². The zero-order valence-electron chi connectivity index (χ0n) is 47.1. The summed E-state index contributed by atoms with van der Waals surface area (Å²) >= 11 is 0. The number of alkyl carbamates (subject to hydrolysis) is 2. The minimum atomic E-state index is -1.29. The lowest BCUT2D eigenvalue weighted by Gasteiger charge is -2.39. The molecule has 0 saturated carbocycles. The average molecular weight is 1100 g/mol. The molecule has 2 heterocycles. The second-order valence-electron chi connectivity index (χ2n) is 20.9. The summed E-state index contributed by atoms with van der Waals surface area (Å²) in [6, 6.07) is 17.0. The number of nitrogens with zero attached hydrogens (tertiary/aromatic N) is 2. The van der Waals surface area contributed by atoms with Crippen LogP contribution in [0, 0.1) is 11.8 Å². The highest BCUT2D eigenvalue weighted by Gasteiger charge is 2.44. The number of carboxylic acid groups (broad SMARTS) is 1. The van der Waals surface area contributed by atoms with Gasteiger partial charge in [-0.1, -0.05) is 114 Å². The number of benzene rings is 2. The number of carbonyl (C=O) groups excluding carboxylic acids is 4. The Kier molecular flexibility index (Phi) is 26.6. The van der Waals surface area contributed by atoms with Crippen LogP contribution >= 0.6 is 0 Å². The number of rotatable bonds is 22. The number of methoxy groups -OCH3 is 2. The molecule has 78 heavy (non-hydrogen) atoms. The van der Waals surface area contributed by atoms with Crippen LogP contribution in [-0.4, -0.2) is 138 Å². The lowest BCUT2D eigenvalue weighted by atomic mass is 9.87. The lowest BCUT2D eigenvalue weighted by Crippen LogP contribution is -2.51. The molecule has 22 nitrogen and oxygen atoms in total. The number of nitrogens with two attached hydrogens (primary N) is 2. The second kappa shape index (κ2) is 31.6. The van der Waals surface area contributed by atoms with E-state index in [2.05, 4.69) is 27.5 Å². The molecule has 0 saturated heterocycles. The van der Waals surface area contributed by atoms with Gasteiger partial charge in [-0.25, -0.2) is 29.2 Å². The molecular formula is C56H84N6O16. The first-order chi connectivity index (χ1) is 36.7. The van der Waals surface area contributed by atoms with Crippen LogP contribution in [0.4, 0.5) is 9.59 Å². The van der Waals surface area contributed by atoms with Crippen molar-refractivity contribution in [2.24, 2.45) is 33.3 Å². The van der Waals surface area contributed by atoms with E-state index in [1.165, 1.54) is 26.4 Å². The van der Waals surface area contributed by atoms with Gasteiger partial charge in [0.05, 0.1) is 18.2 Å². The highest BCUT2D eigenvalue weighted by atomic mass is 16.6. The Labute approximate surface area is 458 Å². The molecular weight excluding hydrogens is 1010 g/mol. The van der Waals surface area contributed by atoms with Gasteiger partial charge in [-0.3, -0.25) is 15.4 Å². The molecule has 434 valence electrons. The quantitative estimate of drug-likeness (QED) is 0.0212. The molecule has 0 bridgehead atoms. The minimum Gasteiger partial charge on any atom is -0.480 e. The number of guanidine groups is 2. The van der Waals surface area contributed by atoms with Crippen molar-refractivity contribution in [3.8, 4) is 0 Å². The molecule has 0 unspecified atom stereocenters. The number of carboxylic acids is 1. The van der Waals surface area contributed by atoms with Gasteiger partial charge in [0, 0.05) is 32.5 Å². The Bertz CT molecular complexity index is 2280. The van der Waals surface area contributed by atoms with Gasteiger partial charge in [-0.15, -0.1) is 0 Å². The van der Waals surface area contributed by atoms with Gasteiger partial charge in [-0.05, 0) is 77.7 Å². The number of hydrogen-bond donors (Lipinski definition) is 7. The minimum absolute atomic E-state index is 0.178. The fourth-order valence-corrected chi connectivity index (χ4v) is 8.31. The summed E-state index contributed by atoms with van der Waals surface area (Å²) in [4.78, 5) is 71.5. The molecule has 0 aliphatic carbocycles. The Morgan fingerprint density at radius 3 is 1.59 bits per heavy atom. The predicted molar refractivity (Wildman–Crippen MR) is 290 cm³/mol. The molecule has 2 aromatic rings. The maximum Gasteiger partial charge on any atom is 0.414 e. The predicted octanol–water partition coefficient (Wildman–Crippen LogP) is 6.71. The largest absolute Gasteiger partial charge is 0.480 e. The third-order valence-corrected chi connectivity index (χ3v) is 12.2. The molecule has 10 atom stereocenters. The Hall–Kier alpha value is -6.75. The molecule has 2 amide bonds. The number of aliphatic hydroxyl groups excluding tert-OH is 2. The molecule has 9 N–H and O–H groups in total. The van der Waals surface area contributed by atoms with E-state index in [4.69, 9.17) is 49.4 Å². The summed E-state index contributed by atoms with van der Waals surface area (Å²) < 4.78 is 44.8. The number of aliphatic hydroxyl groups is 2. The Morgan fingerprint density at radius 1 is 0.679 bits per heavy atom. The number of aliphatic carboxylic acids is 1. The van der Waals surface area contributed by atoms with Gasteiger partial charge in [0.1, 0.15) is 48.3 Å². The fraction of sp³-hybridized carbons (Fsp3) is 0.589. The normalized spacial score (nSPS) is 20.6. The highest BCUT2D eigenvalue weighted by molar-refractivity contribution is 6.01. The monoisotopic (exact) mass is 1100 g/mol. The van der Waals surface area contributed by atoms with Gasteiger partial charge >= 0.3 is 30.1 Å². The molecule has 22 heteroatoms. The van der Waals surface area contributed by atoms with Crippen molar-refractivity contribution in [2.75, 3.05) is 20.8 Å². The first kappa shape index (κ1) is 65.5. The number of aliphatic imine (C=N–C) groups is 2. The van der Waals surface area contributed by atoms with Gasteiger partial charge in [0.25, 0.3) is 0 Å². The molecule has 2 aliphatic heterocycles. The van der Waals surface area contributed by atoms with Crippen molar-refractivity contribution in [2.45, 2.75) is 180 Å². The van der Waals surface area contributed by atoms with Crippen LogP contribution in [0.2, 0.25) is 0 Å². The third kappa shape index (κ3) is 21.9. The van der Waals surface area contributed by atoms with Crippen LogP contribution in [0.15, 0.2) is 94.3 Å². The van der Waals surface area contributed by atoms with E-state index in [0.717, 1.165) is 43.2 Å². The van der Waals surface area contributed by atoms with Crippen molar-refractivity contribution >= 4 is 42.0 Å². The van der Waals surface area contributed by atoms with Crippen molar-refractivity contribution in [3.63, 3.8) is 0 Å². The van der Waals surface area contributed by atoms with Crippen LogP contribution < -0.4 is 22.1 Å². The second-order valence-corrected chi connectivity index (χ2v) is 20.9. The van der Waals surface area contributed by atoms with Crippen LogP contribution in [0.1, 0.15) is 131 Å². The van der Waals surface area contributed by atoms with Crippen molar-refractivity contribution in [3.05, 3.63) is 95.5 Å². The standard InChI is InChI=1S/C36H49N3O9.C20H35N3O7/c1-10-26(40)30(44-9)28-22(2)25(37-32(38-33(42)47-35(3,4)5)39-34(43)48-36(6,7)8)21-27(45-28)31(41)46-29(23-17-13-11-14-18-23)24-19-15-12-16-20-24;1-4-5-6-7-8-9-16(25)29-11-14(24)18(28-3)17-12(2)13(23-20(21)22)10-15(30-17)19(26)27/h11-22,25-26,28-30,40H,10H2,1-9H3,(H2,37,38,39,42,43);10,12-14,17-18,24H,4-9,11H2,1-3H3,(H,26,27)(H4,21,22,23)/t22-,25+,26-,28-,30-;12-,13+,14-,17-,18-/m11/s1. The summed E-state index contributed by atoms with van der Waals surface area (Å²) in [5, 5.41) is 35.7. The van der Waals surface area contributed by atoms with E-state index in [-0.39, 0.29) is 36.5 Å². The van der Waals surface area contributed by atoms with E-state index < -0.39 is 108 Å². The smallest absolute Gasteiger partial charge is 0.414 e. The Morgan fingerprint density at radius 2 is 1.14 bits per heavy atom. The Balaban J connectivity index is 0.000000458. The lowest BCUT2D eigenvalue weighted by molar-refractivity contribution is -0.161. The van der Waals surface area contributed by atoms with E-state index in [0.29, 0.717) is 6.42 Å². The number of esters is 2. The third-order valence-electron chi connectivity index (χ3n) is 12.2. The summed E-state index contributed by atoms with van der Waals surface area (Å²) in [5.74, 6) is -4.43. The summed E-state index contributed by atoms with van der Waals surface area (Å²) in [5.41, 5.74) is 10.7. The van der Waals surface area contributed by atoms with Crippen LogP contribution in [0.5, 0.6) is 0 Å². The van der Waals surface area contributed by atoms with Gasteiger partial charge < -0.3 is 64.7 Å². The first-order valence-electron chi connectivity index (χ1n) is 26.3. The maximum atomic E-state index is 13.9. The number of unbranched alkanes of at least 4 members (excludes halogenated alkanes) is 4. The topological polar surface area (TPSA) is 321 Å². The molecule has 0 radical (unpaired) electrons. The fourth-order valence-electron chi connectivity index (χ4n) is 8.31. The van der Waals surface area contributed by atoms with Crippen molar-refractivity contribution in [1.29, 1.82) is 0 Å². The van der Waals surface area contributed by atoms with E-state index in [9.17, 15) is 39.3 Å². The highest BCUT2D eigenvalue weighted by Crippen LogP contribution is 2.34. The SMILES string of the molecule is CCCCCCCC(=O)OC[C@@H](O)[C@@H](OC)[C@@H]1OC(C(=O)O)=C[C@H](N=C(N)N)[C@H]1C.CC[C@@H](O)[C@@H](OC)[C@@H]1OC(C(=O)OC(c2ccccc2)c2ccccc2)=C[C@H](N=C(NC(=O)OC(C)(C)C)NC(=O)OC(C)(C)C)[C@H]1C. The summed E-state index contributed by atoms with van der Waals surface area (Å²) in [6.07, 6.45) is 0.154. The zero-order chi connectivity index (χ0) is 58.3. The number of carbonyl (C=O) groups is 5. The van der Waals surface area contributed by atoms with Gasteiger partial charge in [0.15, 0.2) is 12.1 Å². The van der Waals surface area contributed by atoms with E-state index in [1.807, 2.05) is 60.7 Å². The van der Waals surface area contributed by atoms with Crippen molar-refractivity contribution < 1.29 is 77.2 Å². The molecule has 0 fully saturated rings.